The molecule has 0 bridgehead atoms. The number of carboxylic acid groups (broad SMARTS) is 1. The second-order valence-electron chi connectivity index (χ2n) is 3.24. The summed E-state index contributed by atoms with van der Waals surface area (Å²) in [6.07, 6.45) is 0.00296. The van der Waals surface area contributed by atoms with Gasteiger partial charge in [-0.15, -0.1) is 0 Å². The van der Waals surface area contributed by atoms with E-state index in [1.54, 1.807) is 0 Å². The molecule has 0 saturated heterocycles. The molecule has 0 aliphatic carbocycles. The van der Waals surface area contributed by atoms with Gasteiger partial charge in [0.25, 0.3) is 0 Å². The summed E-state index contributed by atoms with van der Waals surface area (Å²) in [5.41, 5.74) is 6.09. The lowest BCUT2D eigenvalue weighted by molar-refractivity contribution is -0.138. The molecule has 0 aromatic heterocycles. The van der Waals surface area contributed by atoms with Crippen LogP contribution in [-0.2, 0) is 17.9 Å². The number of nitrogens with two attached hydrogens (primary N) is 1. The molecule has 4 N–H and O–H groups in total. The summed E-state index contributed by atoms with van der Waals surface area (Å²) in [4.78, 5) is 10.5. The van der Waals surface area contributed by atoms with Crippen LogP contribution in [0.5, 0.6) is 5.75 Å². The molecule has 0 aliphatic rings. The molecule has 0 aliphatic heterocycles. The van der Waals surface area contributed by atoms with Crippen LogP contribution in [0.2, 0.25) is 0 Å². The maximum atomic E-state index is 12.5. The number of aliphatic carboxylic acids is 1. The van der Waals surface area contributed by atoms with Crippen molar-refractivity contribution in [3.05, 3.63) is 29.3 Å². The topological polar surface area (TPSA) is 83.5 Å². The molecule has 1 unspecified atom stereocenters. The summed E-state index contributed by atoms with van der Waals surface area (Å²) >= 11 is 0. The van der Waals surface area contributed by atoms with E-state index >= 15 is 0 Å². The summed E-state index contributed by atoms with van der Waals surface area (Å²) in [5, 5.41) is 17.8. The van der Waals surface area contributed by atoms with Crippen LogP contribution in [0.3, 0.4) is 0 Å². The Hall–Kier alpha value is -1.62. The number of alkyl halides is 1. The number of hydrogen-bond donors (Lipinski definition) is 3. The SMILES string of the molecule is NC(Cc1cc(O)ccc1CF)C(=O)O. The second-order valence-corrected chi connectivity index (χ2v) is 3.24. The van der Waals surface area contributed by atoms with Crippen molar-refractivity contribution in [2.75, 3.05) is 0 Å². The lowest BCUT2D eigenvalue weighted by Gasteiger charge is -2.10. The number of phenols is 1. The number of rotatable bonds is 4. The Morgan fingerprint density at radius 3 is 2.67 bits per heavy atom. The third-order valence-corrected chi connectivity index (χ3v) is 2.09. The predicted molar refractivity (Wildman–Crippen MR) is 52.2 cm³/mol. The van der Waals surface area contributed by atoms with Crippen molar-refractivity contribution in [1.82, 2.24) is 0 Å². The van der Waals surface area contributed by atoms with Crippen LogP contribution in [0.4, 0.5) is 4.39 Å². The number of carbonyl (C=O) groups is 1. The minimum atomic E-state index is -1.15. The molecule has 4 nitrogen and oxygen atoms in total. The molecule has 0 heterocycles. The van der Waals surface area contributed by atoms with Gasteiger partial charge in [-0.05, 0) is 29.7 Å². The standard InChI is InChI=1S/C10H12FNO3/c11-5-6-1-2-8(13)3-7(6)4-9(12)10(14)15/h1-3,9,13H,4-5,12H2,(H,14,15). The zero-order valence-electron chi connectivity index (χ0n) is 7.98. The molecule has 0 spiro atoms. The molecule has 0 amide bonds. The third kappa shape index (κ3) is 2.92. The molecule has 1 aromatic rings. The number of benzene rings is 1. The Kier molecular flexibility index (Phi) is 3.62. The van der Waals surface area contributed by atoms with E-state index in [0.29, 0.717) is 11.1 Å². The van der Waals surface area contributed by atoms with Gasteiger partial charge in [0.2, 0.25) is 0 Å². The highest BCUT2D eigenvalue weighted by Crippen LogP contribution is 2.18. The van der Waals surface area contributed by atoms with Crippen LogP contribution >= 0.6 is 0 Å². The average molecular weight is 213 g/mol. The van der Waals surface area contributed by atoms with Gasteiger partial charge in [0, 0.05) is 0 Å². The smallest absolute Gasteiger partial charge is 0.320 e. The summed E-state index contributed by atoms with van der Waals surface area (Å²) in [7, 11) is 0. The van der Waals surface area contributed by atoms with Gasteiger partial charge in [-0.3, -0.25) is 4.79 Å². The van der Waals surface area contributed by atoms with Crippen LogP contribution in [0.1, 0.15) is 11.1 Å². The van der Waals surface area contributed by atoms with E-state index in [0.717, 1.165) is 0 Å². The minimum absolute atomic E-state index is 0.00296. The van der Waals surface area contributed by atoms with E-state index in [2.05, 4.69) is 0 Å². The Balaban J connectivity index is 2.91. The van der Waals surface area contributed by atoms with Crippen LogP contribution in [0, 0.1) is 0 Å². The normalized spacial score (nSPS) is 12.4. The lowest BCUT2D eigenvalue weighted by Crippen LogP contribution is -2.32. The summed E-state index contributed by atoms with van der Waals surface area (Å²) < 4.78 is 12.5. The molecule has 1 aromatic carbocycles. The van der Waals surface area contributed by atoms with E-state index in [1.807, 2.05) is 0 Å². The van der Waals surface area contributed by atoms with Gasteiger partial charge in [-0.1, -0.05) is 6.07 Å². The predicted octanol–water partition coefficient (Wildman–Crippen LogP) is 0.816. The summed E-state index contributed by atoms with van der Waals surface area (Å²) in [6, 6.07) is 3.01. The van der Waals surface area contributed by atoms with Gasteiger partial charge in [-0.2, -0.15) is 0 Å². The van der Waals surface area contributed by atoms with Gasteiger partial charge in [0.05, 0.1) is 0 Å². The van der Waals surface area contributed by atoms with Crippen molar-refractivity contribution in [3.8, 4) is 5.75 Å². The molecule has 5 heteroatoms. The fourth-order valence-electron chi connectivity index (χ4n) is 1.26. The van der Waals surface area contributed by atoms with E-state index in [1.165, 1.54) is 18.2 Å². The van der Waals surface area contributed by atoms with E-state index < -0.39 is 18.7 Å². The lowest BCUT2D eigenvalue weighted by atomic mass is 10.0. The molecule has 0 fully saturated rings. The summed E-state index contributed by atoms with van der Waals surface area (Å²) in [6.45, 7) is -0.706. The van der Waals surface area contributed by atoms with Gasteiger partial charge in [-0.25, -0.2) is 4.39 Å². The molecular weight excluding hydrogens is 201 g/mol. The molecule has 15 heavy (non-hydrogen) atoms. The number of carboxylic acids is 1. The van der Waals surface area contributed by atoms with Crippen molar-refractivity contribution in [1.29, 1.82) is 0 Å². The number of phenolic OH excluding ortho intramolecular Hbond substituents is 1. The molecule has 82 valence electrons. The van der Waals surface area contributed by atoms with Gasteiger partial charge in [0.1, 0.15) is 18.5 Å². The van der Waals surface area contributed by atoms with E-state index in [9.17, 15) is 14.3 Å². The van der Waals surface area contributed by atoms with Crippen molar-refractivity contribution >= 4 is 5.97 Å². The van der Waals surface area contributed by atoms with Gasteiger partial charge >= 0.3 is 5.97 Å². The Morgan fingerprint density at radius 2 is 2.13 bits per heavy atom. The minimum Gasteiger partial charge on any atom is -0.508 e. The largest absolute Gasteiger partial charge is 0.508 e. The van der Waals surface area contributed by atoms with Crippen LogP contribution in [0.15, 0.2) is 18.2 Å². The number of aromatic hydroxyl groups is 1. The molecule has 1 rings (SSSR count). The number of hydrogen-bond acceptors (Lipinski definition) is 3. The quantitative estimate of drug-likeness (QED) is 0.691. The highest BCUT2D eigenvalue weighted by Gasteiger charge is 2.14. The Morgan fingerprint density at radius 1 is 1.47 bits per heavy atom. The summed E-state index contributed by atoms with van der Waals surface area (Å²) in [5.74, 6) is -1.18. The Labute approximate surface area is 86.1 Å². The van der Waals surface area contributed by atoms with Crippen molar-refractivity contribution in [3.63, 3.8) is 0 Å². The zero-order valence-corrected chi connectivity index (χ0v) is 7.98. The first kappa shape index (κ1) is 11.5. The van der Waals surface area contributed by atoms with Gasteiger partial charge < -0.3 is 15.9 Å². The van der Waals surface area contributed by atoms with Crippen LogP contribution in [0.25, 0.3) is 0 Å². The monoisotopic (exact) mass is 213 g/mol. The van der Waals surface area contributed by atoms with E-state index in [4.69, 9.17) is 10.8 Å². The Bertz CT molecular complexity index is 368. The highest BCUT2D eigenvalue weighted by molar-refractivity contribution is 5.73. The maximum Gasteiger partial charge on any atom is 0.320 e. The van der Waals surface area contributed by atoms with Crippen LogP contribution in [-0.4, -0.2) is 22.2 Å². The molecular formula is C10H12FNO3. The number of halogens is 1. The third-order valence-electron chi connectivity index (χ3n) is 2.09. The fraction of sp³-hybridized carbons (Fsp3) is 0.300. The second kappa shape index (κ2) is 4.75. The van der Waals surface area contributed by atoms with E-state index in [-0.39, 0.29) is 12.2 Å². The first-order valence-corrected chi connectivity index (χ1v) is 4.39. The molecule has 0 saturated carbocycles. The van der Waals surface area contributed by atoms with Crippen molar-refractivity contribution < 1.29 is 19.4 Å². The highest BCUT2D eigenvalue weighted by atomic mass is 19.1. The maximum absolute atomic E-state index is 12.5. The van der Waals surface area contributed by atoms with Crippen LogP contribution < -0.4 is 5.73 Å². The van der Waals surface area contributed by atoms with Crippen molar-refractivity contribution in [2.45, 2.75) is 19.1 Å². The van der Waals surface area contributed by atoms with Crippen molar-refractivity contribution in [2.24, 2.45) is 5.73 Å². The zero-order chi connectivity index (χ0) is 11.4. The average Bonchev–Trinajstić information content (AvgIpc) is 2.18. The first-order chi connectivity index (χ1) is 7.04. The fourth-order valence-corrected chi connectivity index (χ4v) is 1.26. The molecule has 1 atom stereocenters. The first-order valence-electron chi connectivity index (χ1n) is 4.39. The van der Waals surface area contributed by atoms with Gasteiger partial charge in [0.15, 0.2) is 0 Å². The molecule has 0 radical (unpaired) electrons.